The van der Waals surface area contributed by atoms with E-state index in [9.17, 15) is 19.8 Å². The van der Waals surface area contributed by atoms with E-state index in [2.05, 4.69) is 13.8 Å². The first-order chi connectivity index (χ1) is 13.0. The van der Waals surface area contributed by atoms with Crippen LogP contribution in [0.3, 0.4) is 0 Å². The second kappa shape index (κ2) is 10.7. The summed E-state index contributed by atoms with van der Waals surface area (Å²) in [5, 5.41) is 21.7. The van der Waals surface area contributed by atoms with Crippen molar-refractivity contribution in [1.82, 2.24) is 0 Å². The van der Waals surface area contributed by atoms with Gasteiger partial charge >= 0.3 is 5.97 Å². The van der Waals surface area contributed by atoms with Crippen molar-refractivity contribution in [2.75, 3.05) is 0 Å². The zero-order valence-electron chi connectivity index (χ0n) is 19.0. The molecule has 0 amide bonds. The van der Waals surface area contributed by atoms with Gasteiger partial charge in [0.05, 0.1) is 18.1 Å². The number of cyclic esters (lactones) is 1. The summed E-state index contributed by atoms with van der Waals surface area (Å²) in [6.45, 7) is 15.4. The van der Waals surface area contributed by atoms with E-state index in [0.717, 1.165) is 0 Å². The van der Waals surface area contributed by atoms with E-state index in [-0.39, 0.29) is 35.4 Å². The number of aliphatic hydroxyl groups is 2. The minimum atomic E-state index is -0.854. The third kappa shape index (κ3) is 5.56. The van der Waals surface area contributed by atoms with E-state index in [1.807, 2.05) is 27.7 Å². The van der Waals surface area contributed by atoms with Crippen LogP contribution in [0.15, 0.2) is 0 Å². The van der Waals surface area contributed by atoms with Gasteiger partial charge in [0, 0.05) is 17.8 Å². The lowest BCUT2D eigenvalue weighted by molar-refractivity contribution is -0.166. The van der Waals surface area contributed by atoms with Gasteiger partial charge in [-0.05, 0) is 43.9 Å². The first kappa shape index (κ1) is 25.1. The number of hydrogen-bond donors (Lipinski definition) is 2. The van der Waals surface area contributed by atoms with Gasteiger partial charge in [0.15, 0.2) is 0 Å². The molecular formula is C23H42O5. The van der Waals surface area contributed by atoms with Crippen molar-refractivity contribution in [3.63, 3.8) is 0 Å². The fourth-order valence-electron chi connectivity index (χ4n) is 4.75. The predicted octanol–water partition coefficient (Wildman–Crippen LogP) is 3.85. The summed E-state index contributed by atoms with van der Waals surface area (Å²) >= 11 is 0. The standard InChI is InChI=1S/C23H42O5/c1-9-18-19(10-2)28-23(27)17(8)21(25)15(6)14(5)12(3)11-13(4)20(24)16(7)22(18)26/h12-19,21-22,25-26H,9-11H2,1-8H3. The average Bonchev–Trinajstić information content (AvgIpc) is 2.68. The Morgan fingerprint density at radius 2 is 1.43 bits per heavy atom. The number of aliphatic hydroxyl groups excluding tert-OH is 2. The molecule has 1 aliphatic rings. The summed E-state index contributed by atoms with van der Waals surface area (Å²) in [6, 6.07) is 0. The third-order valence-corrected chi connectivity index (χ3v) is 7.38. The molecule has 1 heterocycles. The topological polar surface area (TPSA) is 83.8 Å². The SMILES string of the molecule is CCC1OC(=O)C(C)C(O)C(C)C(C)C(C)CC(C)C(=O)C(C)C(O)C1CC. The van der Waals surface area contributed by atoms with Gasteiger partial charge in [0.1, 0.15) is 11.9 Å². The molecule has 0 aromatic rings. The molecule has 1 aliphatic heterocycles. The first-order valence-corrected chi connectivity index (χ1v) is 11.1. The Labute approximate surface area is 171 Å². The van der Waals surface area contributed by atoms with Crippen molar-refractivity contribution in [2.45, 2.75) is 93.0 Å². The molecule has 10 atom stereocenters. The Bertz CT molecular complexity index is 519. The molecule has 0 aromatic carbocycles. The molecule has 28 heavy (non-hydrogen) atoms. The second-order valence-corrected chi connectivity index (χ2v) is 9.25. The van der Waals surface area contributed by atoms with Crippen LogP contribution in [0, 0.1) is 41.4 Å². The molecule has 10 unspecified atom stereocenters. The molecule has 1 saturated heterocycles. The molecule has 164 valence electrons. The number of Topliss-reactive ketones (excluding diaryl/α,β-unsaturated/α-hetero) is 1. The Hall–Kier alpha value is -0.940. The molecule has 2 N–H and O–H groups in total. The molecule has 1 rings (SSSR count). The lowest BCUT2D eigenvalue weighted by Gasteiger charge is -2.37. The summed E-state index contributed by atoms with van der Waals surface area (Å²) < 4.78 is 5.75. The fourth-order valence-corrected chi connectivity index (χ4v) is 4.75. The monoisotopic (exact) mass is 398 g/mol. The van der Waals surface area contributed by atoms with Gasteiger partial charge in [0.25, 0.3) is 0 Å². The molecule has 0 saturated carbocycles. The van der Waals surface area contributed by atoms with Gasteiger partial charge in [-0.1, -0.05) is 48.5 Å². The van der Waals surface area contributed by atoms with Crippen LogP contribution >= 0.6 is 0 Å². The quantitative estimate of drug-likeness (QED) is 0.690. The minimum absolute atomic E-state index is 0.0600. The maximum atomic E-state index is 13.0. The molecule has 0 spiro atoms. The largest absolute Gasteiger partial charge is 0.462 e. The number of ether oxygens (including phenoxy) is 1. The Morgan fingerprint density at radius 1 is 0.857 bits per heavy atom. The zero-order valence-corrected chi connectivity index (χ0v) is 19.0. The van der Waals surface area contributed by atoms with Crippen LogP contribution in [-0.2, 0) is 14.3 Å². The van der Waals surface area contributed by atoms with Crippen LogP contribution in [0.4, 0.5) is 0 Å². The Morgan fingerprint density at radius 3 is 1.93 bits per heavy atom. The summed E-state index contributed by atoms with van der Waals surface area (Å²) in [7, 11) is 0. The van der Waals surface area contributed by atoms with Crippen molar-refractivity contribution in [3.05, 3.63) is 0 Å². The van der Waals surface area contributed by atoms with E-state index in [1.165, 1.54) is 0 Å². The maximum Gasteiger partial charge on any atom is 0.311 e. The van der Waals surface area contributed by atoms with E-state index >= 15 is 0 Å². The van der Waals surface area contributed by atoms with Crippen molar-refractivity contribution in [1.29, 1.82) is 0 Å². The summed E-state index contributed by atoms with van der Waals surface area (Å²) in [5.74, 6) is -1.70. The highest BCUT2D eigenvalue weighted by Crippen LogP contribution is 2.34. The Kier molecular flexibility index (Phi) is 9.61. The lowest BCUT2D eigenvalue weighted by atomic mass is 9.73. The predicted molar refractivity (Wildman–Crippen MR) is 111 cm³/mol. The highest BCUT2D eigenvalue weighted by Gasteiger charge is 2.40. The van der Waals surface area contributed by atoms with Crippen LogP contribution in [-0.4, -0.2) is 40.3 Å². The van der Waals surface area contributed by atoms with Crippen LogP contribution < -0.4 is 0 Å². The van der Waals surface area contributed by atoms with Crippen molar-refractivity contribution in [2.24, 2.45) is 41.4 Å². The highest BCUT2D eigenvalue weighted by molar-refractivity contribution is 5.83. The number of esters is 1. The molecule has 5 heteroatoms. The molecule has 0 bridgehead atoms. The van der Waals surface area contributed by atoms with Crippen molar-refractivity contribution >= 4 is 11.8 Å². The number of hydrogen-bond acceptors (Lipinski definition) is 5. The normalized spacial score (nSPS) is 44.6. The second-order valence-electron chi connectivity index (χ2n) is 9.25. The fraction of sp³-hybridized carbons (Fsp3) is 0.913. The maximum absolute atomic E-state index is 13.0. The van der Waals surface area contributed by atoms with E-state index in [4.69, 9.17) is 4.74 Å². The molecule has 1 fully saturated rings. The van der Waals surface area contributed by atoms with Crippen molar-refractivity contribution < 1.29 is 24.5 Å². The van der Waals surface area contributed by atoms with Gasteiger partial charge in [-0.25, -0.2) is 0 Å². The lowest BCUT2D eigenvalue weighted by Crippen LogP contribution is -2.44. The molecule has 0 aromatic heterocycles. The number of carbonyl (C=O) groups is 2. The smallest absolute Gasteiger partial charge is 0.311 e. The molecule has 0 aliphatic carbocycles. The average molecular weight is 399 g/mol. The van der Waals surface area contributed by atoms with Gasteiger partial charge < -0.3 is 14.9 Å². The van der Waals surface area contributed by atoms with Gasteiger partial charge in [0.2, 0.25) is 0 Å². The zero-order chi connectivity index (χ0) is 21.8. The van der Waals surface area contributed by atoms with E-state index < -0.39 is 36.1 Å². The van der Waals surface area contributed by atoms with Crippen LogP contribution in [0.5, 0.6) is 0 Å². The van der Waals surface area contributed by atoms with Crippen LogP contribution in [0.1, 0.15) is 74.7 Å². The third-order valence-electron chi connectivity index (χ3n) is 7.38. The van der Waals surface area contributed by atoms with Gasteiger partial charge in [-0.15, -0.1) is 0 Å². The van der Waals surface area contributed by atoms with Gasteiger partial charge in [-0.3, -0.25) is 9.59 Å². The number of carbonyl (C=O) groups excluding carboxylic acids is 2. The van der Waals surface area contributed by atoms with Gasteiger partial charge in [-0.2, -0.15) is 0 Å². The summed E-state index contributed by atoms with van der Waals surface area (Å²) in [5.41, 5.74) is 0. The summed E-state index contributed by atoms with van der Waals surface area (Å²) in [4.78, 5) is 25.7. The van der Waals surface area contributed by atoms with Crippen LogP contribution in [0.25, 0.3) is 0 Å². The minimum Gasteiger partial charge on any atom is -0.462 e. The number of rotatable bonds is 2. The number of ketones is 1. The first-order valence-electron chi connectivity index (χ1n) is 11.1. The molecule has 0 radical (unpaired) electrons. The summed E-state index contributed by atoms with van der Waals surface area (Å²) in [6.07, 6.45) is -0.250. The molecular weight excluding hydrogens is 356 g/mol. The van der Waals surface area contributed by atoms with Crippen molar-refractivity contribution in [3.8, 4) is 0 Å². The molecule has 5 nitrogen and oxygen atoms in total. The highest BCUT2D eigenvalue weighted by atomic mass is 16.5. The van der Waals surface area contributed by atoms with E-state index in [1.54, 1.807) is 13.8 Å². The van der Waals surface area contributed by atoms with E-state index in [0.29, 0.717) is 19.3 Å². The van der Waals surface area contributed by atoms with Crippen LogP contribution in [0.2, 0.25) is 0 Å². The Balaban J connectivity index is 3.29.